The maximum atomic E-state index is 12.6. The van der Waals surface area contributed by atoms with E-state index < -0.39 is 0 Å². The number of benzene rings is 1. The Balaban J connectivity index is 2.20. The van der Waals surface area contributed by atoms with E-state index in [0.29, 0.717) is 28.0 Å². The van der Waals surface area contributed by atoms with Crippen LogP contribution < -0.4 is 15.0 Å². The summed E-state index contributed by atoms with van der Waals surface area (Å²) in [7, 11) is 3.48. The molecule has 0 saturated heterocycles. The minimum absolute atomic E-state index is 0.294. The Morgan fingerprint density at radius 2 is 2.08 bits per heavy atom. The smallest absolute Gasteiger partial charge is 0.274 e. The Bertz CT molecular complexity index is 752. The third-order valence-electron chi connectivity index (χ3n) is 3.85. The number of carbonyl (C=O) groups is 1. The Kier molecular flexibility index (Phi) is 6.58. The quantitative estimate of drug-likeness (QED) is 0.808. The van der Waals surface area contributed by atoms with E-state index in [1.165, 1.54) is 13.4 Å². The van der Waals surface area contributed by atoms with Gasteiger partial charge < -0.3 is 15.0 Å². The molecule has 0 aliphatic heterocycles. The van der Waals surface area contributed by atoms with Crippen molar-refractivity contribution in [2.75, 3.05) is 30.9 Å². The number of nitrogens with zero attached hydrogens (tertiary/aromatic N) is 3. The van der Waals surface area contributed by atoms with Crippen molar-refractivity contribution in [2.45, 2.75) is 26.7 Å². The van der Waals surface area contributed by atoms with Crippen LogP contribution >= 0.6 is 11.6 Å². The van der Waals surface area contributed by atoms with Crippen molar-refractivity contribution < 1.29 is 9.53 Å². The summed E-state index contributed by atoms with van der Waals surface area (Å²) in [6.07, 6.45) is 3.55. The molecule has 0 spiro atoms. The number of rotatable bonds is 7. The monoisotopic (exact) mass is 362 g/mol. The number of ether oxygens (including phenoxy) is 1. The zero-order valence-electron chi connectivity index (χ0n) is 15.0. The maximum Gasteiger partial charge on any atom is 0.274 e. The molecule has 0 aliphatic carbocycles. The van der Waals surface area contributed by atoms with E-state index in [9.17, 15) is 4.79 Å². The highest BCUT2D eigenvalue weighted by Crippen LogP contribution is 2.31. The maximum absolute atomic E-state index is 12.6. The van der Waals surface area contributed by atoms with E-state index in [2.05, 4.69) is 22.2 Å². The van der Waals surface area contributed by atoms with Crippen LogP contribution in [0.2, 0.25) is 5.02 Å². The molecule has 0 fully saturated rings. The Labute approximate surface area is 153 Å². The molecule has 6 nitrogen and oxygen atoms in total. The highest BCUT2D eigenvalue weighted by atomic mass is 35.5. The number of hydrogen-bond acceptors (Lipinski definition) is 5. The molecule has 134 valence electrons. The van der Waals surface area contributed by atoms with Crippen molar-refractivity contribution in [1.29, 1.82) is 0 Å². The minimum Gasteiger partial charge on any atom is -0.495 e. The second-order valence-corrected chi connectivity index (χ2v) is 6.20. The molecule has 0 bridgehead atoms. The van der Waals surface area contributed by atoms with Crippen molar-refractivity contribution in [1.82, 2.24) is 9.97 Å². The molecule has 0 aliphatic rings. The molecule has 0 unspecified atom stereocenters. The first-order chi connectivity index (χ1) is 12.0. The first kappa shape index (κ1) is 19.0. The molecular weight excluding hydrogens is 340 g/mol. The second kappa shape index (κ2) is 8.67. The molecule has 25 heavy (non-hydrogen) atoms. The summed E-state index contributed by atoms with van der Waals surface area (Å²) in [6, 6.07) is 5.13. The first-order valence-electron chi connectivity index (χ1n) is 8.15. The predicted octanol–water partition coefficient (Wildman–Crippen LogP) is 3.94. The SMILES string of the molecule is CCCCN(C)c1cc(C(=O)Nc2cc(C)c(Cl)cc2OC)ncn1. The standard InChI is InChI=1S/C18H23ClN4O2/c1-5-6-7-23(3)17-10-15(20-11-21-17)18(24)22-14-8-12(2)13(19)9-16(14)25-4/h8-11H,5-7H2,1-4H3,(H,22,24). The number of carbonyl (C=O) groups excluding carboxylic acids is 1. The van der Waals surface area contributed by atoms with Crippen LogP contribution in [-0.4, -0.2) is 36.6 Å². The zero-order valence-corrected chi connectivity index (χ0v) is 15.7. The van der Waals surface area contributed by atoms with Crippen LogP contribution in [0.1, 0.15) is 35.8 Å². The van der Waals surface area contributed by atoms with Gasteiger partial charge in [0.1, 0.15) is 23.6 Å². The first-order valence-corrected chi connectivity index (χ1v) is 8.52. The van der Waals surface area contributed by atoms with Crippen LogP contribution in [-0.2, 0) is 0 Å². The van der Waals surface area contributed by atoms with E-state index in [1.54, 1.807) is 18.2 Å². The highest BCUT2D eigenvalue weighted by Gasteiger charge is 2.14. The summed E-state index contributed by atoms with van der Waals surface area (Å²) in [5, 5.41) is 3.40. The third kappa shape index (κ3) is 4.82. The average Bonchev–Trinajstić information content (AvgIpc) is 2.62. The average molecular weight is 363 g/mol. The zero-order chi connectivity index (χ0) is 18.4. The molecule has 0 saturated carbocycles. The van der Waals surface area contributed by atoms with Crippen LogP contribution in [0.4, 0.5) is 11.5 Å². The molecule has 1 heterocycles. The predicted molar refractivity (Wildman–Crippen MR) is 101 cm³/mol. The summed E-state index contributed by atoms with van der Waals surface area (Å²) in [5.74, 6) is 0.888. The Hall–Kier alpha value is -2.34. The van der Waals surface area contributed by atoms with E-state index in [4.69, 9.17) is 16.3 Å². The molecule has 0 atom stereocenters. The van der Waals surface area contributed by atoms with Crippen LogP contribution in [0.25, 0.3) is 0 Å². The van der Waals surface area contributed by atoms with Gasteiger partial charge in [-0.2, -0.15) is 0 Å². The highest BCUT2D eigenvalue weighted by molar-refractivity contribution is 6.31. The topological polar surface area (TPSA) is 67.4 Å². The van der Waals surface area contributed by atoms with Gasteiger partial charge in [-0.05, 0) is 25.0 Å². The lowest BCUT2D eigenvalue weighted by atomic mass is 10.2. The molecule has 2 rings (SSSR count). The number of methoxy groups -OCH3 is 1. The van der Waals surface area contributed by atoms with Gasteiger partial charge in [-0.15, -0.1) is 0 Å². The van der Waals surface area contributed by atoms with Crippen LogP contribution in [0.15, 0.2) is 24.5 Å². The summed E-state index contributed by atoms with van der Waals surface area (Å²) in [6.45, 7) is 4.87. The number of anilines is 2. The lowest BCUT2D eigenvalue weighted by molar-refractivity contribution is 0.102. The molecule has 7 heteroatoms. The van der Waals surface area contributed by atoms with Gasteiger partial charge in [0.2, 0.25) is 0 Å². The minimum atomic E-state index is -0.326. The number of hydrogen-bond donors (Lipinski definition) is 1. The van der Waals surface area contributed by atoms with Crippen molar-refractivity contribution in [3.8, 4) is 5.75 Å². The molecule has 1 amide bonds. The summed E-state index contributed by atoms with van der Waals surface area (Å²) >= 11 is 6.10. The number of halogens is 1. The fraction of sp³-hybridized carbons (Fsp3) is 0.389. The van der Waals surface area contributed by atoms with Crippen LogP contribution in [0.5, 0.6) is 5.75 Å². The van der Waals surface area contributed by atoms with Crippen LogP contribution in [0, 0.1) is 6.92 Å². The van der Waals surface area contributed by atoms with Gasteiger partial charge in [0.15, 0.2) is 0 Å². The molecular formula is C18H23ClN4O2. The van der Waals surface area contributed by atoms with Gasteiger partial charge in [-0.3, -0.25) is 4.79 Å². The van der Waals surface area contributed by atoms with Gasteiger partial charge in [-0.25, -0.2) is 9.97 Å². The third-order valence-corrected chi connectivity index (χ3v) is 4.26. The second-order valence-electron chi connectivity index (χ2n) is 5.79. The number of unbranched alkanes of at least 4 members (excludes halogenated alkanes) is 1. The number of aryl methyl sites for hydroxylation is 1. The van der Waals surface area contributed by atoms with Gasteiger partial charge in [0.05, 0.1) is 12.8 Å². The van der Waals surface area contributed by atoms with Crippen molar-refractivity contribution in [3.05, 3.63) is 40.8 Å². The normalized spacial score (nSPS) is 10.4. The molecule has 0 radical (unpaired) electrons. The Morgan fingerprint density at radius 3 is 2.76 bits per heavy atom. The summed E-state index contributed by atoms with van der Waals surface area (Å²) < 4.78 is 5.28. The summed E-state index contributed by atoms with van der Waals surface area (Å²) in [5.41, 5.74) is 1.69. The van der Waals surface area contributed by atoms with E-state index in [-0.39, 0.29) is 5.91 Å². The fourth-order valence-electron chi connectivity index (χ4n) is 2.31. The fourth-order valence-corrected chi connectivity index (χ4v) is 2.46. The molecule has 1 N–H and O–H groups in total. The van der Waals surface area contributed by atoms with Gasteiger partial charge in [-0.1, -0.05) is 24.9 Å². The van der Waals surface area contributed by atoms with E-state index in [0.717, 1.165) is 24.9 Å². The van der Waals surface area contributed by atoms with E-state index >= 15 is 0 Å². The van der Waals surface area contributed by atoms with Crippen molar-refractivity contribution in [3.63, 3.8) is 0 Å². The Morgan fingerprint density at radius 1 is 1.32 bits per heavy atom. The molecule has 1 aromatic heterocycles. The largest absolute Gasteiger partial charge is 0.495 e. The molecule has 2 aromatic rings. The van der Waals surface area contributed by atoms with Gasteiger partial charge in [0, 0.05) is 30.7 Å². The van der Waals surface area contributed by atoms with E-state index in [1.807, 2.05) is 18.9 Å². The van der Waals surface area contributed by atoms with Gasteiger partial charge >= 0.3 is 0 Å². The lowest BCUT2D eigenvalue weighted by Crippen LogP contribution is -2.21. The van der Waals surface area contributed by atoms with Gasteiger partial charge in [0.25, 0.3) is 5.91 Å². The molecule has 1 aromatic carbocycles. The lowest BCUT2D eigenvalue weighted by Gasteiger charge is -2.18. The van der Waals surface area contributed by atoms with Crippen molar-refractivity contribution in [2.24, 2.45) is 0 Å². The number of nitrogens with one attached hydrogen (secondary N) is 1. The number of amides is 1. The number of aromatic nitrogens is 2. The van der Waals surface area contributed by atoms with Crippen LogP contribution in [0.3, 0.4) is 0 Å². The van der Waals surface area contributed by atoms with Crippen molar-refractivity contribution >= 4 is 29.0 Å². The summed E-state index contributed by atoms with van der Waals surface area (Å²) in [4.78, 5) is 22.9.